The number of carbonyl (C=O) groups excluding carboxylic acids is 1. The summed E-state index contributed by atoms with van der Waals surface area (Å²) in [6, 6.07) is 0. The average Bonchev–Trinajstić information content (AvgIpc) is 2.27. The van der Waals surface area contributed by atoms with Crippen LogP contribution in [0.5, 0.6) is 0 Å². The molecule has 0 aromatic heterocycles. The van der Waals surface area contributed by atoms with Gasteiger partial charge >= 0.3 is 0 Å². The number of rotatable bonds is 0. The number of amides is 1. The SMILES string of the molecule is CC1=[N+](C)C2=C(CC(=O)N=C2N)C1. The van der Waals surface area contributed by atoms with Gasteiger partial charge < -0.3 is 5.73 Å². The van der Waals surface area contributed by atoms with Crippen LogP contribution in [0.3, 0.4) is 0 Å². The van der Waals surface area contributed by atoms with Crippen molar-refractivity contribution in [3.05, 3.63) is 11.3 Å². The minimum absolute atomic E-state index is 0.126. The lowest BCUT2D eigenvalue weighted by Crippen LogP contribution is -2.26. The fourth-order valence-electron chi connectivity index (χ4n) is 1.85. The summed E-state index contributed by atoms with van der Waals surface area (Å²) in [7, 11) is 1.95. The van der Waals surface area contributed by atoms with E-state index >= 15 is 0 Å². The average molecular weight is 178 g/mol. The molecule has 0 unspecified atom stereocenters. The molecule has 4 heteroatoms. The third-order valence-corrected chi connectivity index (χ3v) is 2.56. The lowest BCUT2D eigenvalue weighted by Gasteiger charge is -2.06. The highest BCUT2D eigenvalue weighted by Gasteiger charge is 2.34. The normalized spacial score (nSPS) is 22.3. The van der Waals surface area contributed by atoms with E-state index in [4.69, 9.17) is 5.73 Å². The first-order valence-electron chi connectivity index (χ1n) is 4.25. The van der Waals surface area contributed by atoms with Gasteiger partial charge in [-0.15, -0.1) is 0 Å². The van der Waals surface area contributed by atoms with Crippen molar-refractivity contribution in [1.29, 1.82) is 0 Å². The van der Waals surface area contributed by atoms with Crippen LogP contribution in [0.15, 0.2) is 16.3 Å². The van der Waals surface area contributed by atoms with Crippen LogP contribution in [-0.2, 0) is 4.79 Å². The summed E-state index contributed by atoms with van der Waals surface area (Å²) in [6.07, 6.45) is 1.28. The molecule has 0 aliphatic carbocycles. The standard InChI is InChI=1S/C9H11N3O/c1-5-3-6-4-7(13)11-9(10)8(6)12(5)2/h3-4H2,1-2H3,(H-,10,11,13)/p+1. The second kappa shape index (κ2) is 2.52. The van der Waals surface area contributed by atoms with E-state index in [0.717, 1.165) is 17.7 Å². The third-order valence-electron chi connectivity index (χ3n) is 2.56. The first-order chi connectivity index (χ1) is 6.09. The van der Waals surface area contributed by atoms with E-state index in [2.05, 4.69) is 4.99 Å². The van der Waals surface area contributed by atoms with Gasteiger partial charge in [-0.3, -0.25) is 4.79 Å². The molecule has 0 bridgehead atoms. The monoisotopic (exact) mass is 178 g/mol. The topological polar surface area (TPSA) is 58.5 Å². The molecule has 0 spiro atoms. The number of carbonyl (C=O) groups is 1. The first kappa shape index (κ1) is 8.16. The number of hydrogen-bond donors (Lipinski definition) is 1. The molecule has 4 nitrogen and oxygen atoms in total. The van der Waals surface area contributed by atoms with Crippen LogP contribution in [0.1, 0.15) is 19.8 Å². The van der Waals surface area contributed by atoms with Gasteiger partial charge in [0.2, 0.25) is 5.70 Å². The Morgan fingerprint density at radius 1 is 1.46 bits per heavy atom. The van der Waals surface area contributed by atoms with E-state index in [-0.39, 0.29) is 5.91 Å². The van der Waals surface area contributed by atoms with Crippen molar-refractivity contribution in [2.24, 2.45) is 10.7 Å². The second-order valence-electron chi connectivity index (χ2n) is 3.49. The molecule has 2 heterocycles. The van der Waals surface area contributed by atoms with Crippen LogP contribution in [0.4, 0.5) is 0 Å². The fourth-order valence-corrected chi connectivity index (χ4v) is 1.85. The Hall–Kier alpha value is -1.45. The molecule has 13 heavy (non-hydrogen) atoms. The molecule has 0 saturated heterocycles. The van der Waals surface area contributed by atoms with Gasteiger partial charge in [0, 0.05) is 12.5 Å². The molecule has 0 atom stereocenters. The molecule has 0 saturated carbocycles. The fraction of sp³-hybridized carbons (Fsp3) is 0.444. The molecule has 0 aromatic carbocycles. The highest BCUT2D eigenvalue weighted by molar-refractivity contribution is 6.08. The van der Waals surface area contributed by atoms with Crippen LogP contribution in [-0.4, -0.2) is 29.1 Å². The Bertz CT molecular complexity index is 388. The smallest absolute Gasteiger partial charge is 0.252 e. The Morgan fingerprint density at radius 3 is 2.85 bits per heavy atom. The minimum atomic E-state index is -0.126. The summed E-state index contributed by atoms with van der Waals surface area (Å²) < 4.78 is 2.01. The highest BCUT2D eigenvalue weighted by atomic mass is 16.1. The summed E-state index contributed by atoms with van der Waals surface area (Å²) in [5, 5.41) is 0. The van der Waals surface area contributed by atoms with Crippen molar-refractivity contribution < 1.29 is 9.37 Å². The van der Waals surface area contributed by atoms with Crippen LogP contribution >= 0.6 is 0 Å². The largest absolute Gasteiger partial charge is 0.378 e. The van der Waals surface area contributed by atoms with E-state index < -0.39 is 0 Å². The van der Waals surface area contributed by atoms with Crippen molar-refractivity contribution in [1.82, 2.24) is 0 Å². The number of nitrogens with two attached hydrogens (primary N) is 1. The number of likely N-dealkylation sites (N-methyl/N-ethyl adjacent to an activating group) is 1. The van der Waals surface area contributed by atoms with Gasteiger partial charge in [0.05, 0.1) is 12.8 Å². The van der Waals surface area contributed by atoms with Gasteiger partial charge in [0.25, 0.3) is 5.91 Å². The summed E-state index contributed by atoms with van der Waals surface area (Å²) in [6.45, 7) is 2.04. The molecule has 2 aliphatic heterocycles. The van der Waals surface area contributed by atoms with Gasteiger partial charge in [-0.1, -0.05) is 0 Å². The maximum Gasteiger partial charge on any atom is 0.252 e. The Morgan fingerprint density at radius 2 is 2.15 bits per heavy atom. The second-order valence-corrected chi connectivity index (χ2v) is 3.49. The van der Waals surface area contributed by atoms with Crippen molar-refractivity contribution in [3.63, 3.8) is 0 Å². The maximum atomic E-state index is 11.1. The molecule has 0 fully saturated rings. The zero-order valence-corrected chi connectivity index (χ0v) is 7.79. The molecule has 2 rings (SSSR count). The first-order valence-corrected chi connectivity index (χ1v) is 4.25. The van der Waals surface area contributed by atoms with Crippen LogP contribution in [0.2, 0.25) is 0 Å². The molecule has 0 radical (unpaired) electrons. The Balaban J connectivity index is 2.48. The molecule has 2 aliphatic rings. The summed E-state index contributed by atoms with van der Waals surface area (Å²) in [4.78, 5) is 14.9. The van der Waals surface area contributed by atoms with E-state index in [1.807, 2.05) is 18.5 Å². The van der Waals surface area contributed by atoms with E-state index in [1.54, 1.807) is 0 Å². The van der Waals surface area contributed by atoms with E-state index in [9.17, 15) is 4.79 Å². The van der Waals surface area contributed by atoms with E-state index in [1.165, 1.54) is 5.71 Å². The van der Waals surface area contributed by atoms with Crippen LogP contribution in [0.25, 0.3) is 0 Å². The predicted octanol–water partition coefficient (Wildman–Crippen LogP) is 0.0349. The van der Waals surface area contributed by atoms with Gasteiger partial charge in [-0.25, -0.2) is 0 Å². The molecule has 1 amide bonds. The van der Waals surface area contributed by atoms with Crippen molar-refractivity contribution >= 4 is 17.5 Å². The zero-order chi connectivity index (χ0) is 9.59. The van der Waals surface area contributed by atoms with Gasteiger partial charge in [-0.05, 0) is 0 Å². The van der Waals surface area contributed by atoms with Crippen molar-refractivity contribution in [2.45, 2.75) is 19.8 Å². The quantitative estimate of drug-likeness (QED) is 0.532. The minimum Gasteiger partial charge on any atom is -0.378 e. The number of hydrogen-bond acceptors (Lipinski definition) is 2. The zero-order valence-electron chi connectivity index (χ0n) is 7.79. The third kappa shape index (κ3) is 1.09. The van der Waals surface area contributed by atoms with Crippen LogP contribution < -0.4 is 5.73 Å². The lowest BCUT2D eigenvalue weighted by molar-refractivity contribution is -0.432. The van der Waals surface area contributed by atoms with Crippen LogP contribution in [0, 0.1) is 0 Å². The summed E-state index contributed by atoms with van der Waals surface area (Å²) in [5.74, 6) is 0.241. The Labute approximate surface area is 76.5 Å². The number of amidine groups is 1. The maximum absolute atomic E-state index is 11.1. The molecule has 2 N–H and O–H groups in total. The molecular formula is C9H12N3O+. The molecule has 0 aromatic rings. The van der Waals surface area contributed by atoms with Crippen molar-refractivity contribution in [2.75, 3.05) is 7.05 Å². The van der Waals surface area contributed by atoms with Gasteiger partial charge in [-0.2, -0.15) is 9.57 Å². The van der Waals surface area contributed by atoms with Crippen molar-refractivity contribution in [3.8, 4) is 0 Å². The van der Waals surface area contributed by atoms with E-state index in [0.29, 0.717) is 12.3 Å². The molecule has 68 valence electrons. The van der Waals surface area contributed by atoms with Gasteiger partial charge in [0.1, 0.15) is 7.05 Å². The summed E-state index contributed by atoms with van der Waals surface area (Å²) in [5.41, 5.74) is 8.95. The highest BCUT2D eigenvalue weighted by Crippen LogP contribution is 2.25. The number of dihydropyridines is 1. The van der Waals surface area contributed by atoms with Gasteiger partial charge in [0.15, 0.2) is 11.5 Å². The number of nitrogens with zero attached hydrogens (tertiary/aromatic N) is 2. The predicted molar refractivity (Wildman–Crippen MR) is 49.8 cm³/mol. The molecular weight excluding hydrogens is 166 g/mol. The summed E-state index contributed by atoms with van der Waals surface area (Å²) >= 11 is 0. The number of aliphatic imine (C=N–C) groups is 1. The lowest BCUT2D eigenvalue weighted by atomic mass is 10.0. The Kier molecular flexibility index (Phi) is 1.58.